The molecule has 0 bridgehead atoms. The number of aryl methyl sites for hydroxylation is 1. The summed E-state index contributed by atoms with van der Waals surface area (Å²) < 4.78 is 14.9. The molecule has 0 aliphatic carbocycles. The minimum atomic E-state index is -1.19. The van der Waals surface area contributed by atoms with Crippen molar-refractivity contribution in [3.63, 3.8) is 0 Å². The van der Waals surface area contributed by atoms with E-state index in [1.165, 1.54) is 0 Å². The third-order valence-corrected chi connectivity index (χ3v) is 3.78. The summed E-state index contributed by atoms with van der Waals surface area (Å²) in [6.07, 6.45) is 1.86. The van der Waals surface area contributed by atoms with Crippen LogP contribution in [0.15, 0.2) is 24.3 Å². The minimum absolute atomic E-state index is 0.148. The Bertz CT molecular complexity index is 354. The molecule has 1 aromatic rings. The van der Waals surface area contributed by atoms with Gasteiger partial charge < -0.3 is 5.32 Å². The normalized spacial score (nSPS) is 21.7. The van der Waals surface area contributed by atoms with Crippen LogP contribution < -0.4 is 5.32 Å². The second-order valence-corrected chi connectivity index (χ2v) is 4.91. The lowest BCUT2D eigenvalue weighted by molar-refractivity contribution is 0.0766. The number of piperidine rings is 1. The third-order valence-electron chi connectivity index (χ3n) is 3.78. The highest BCUT2D eigenvalue weighted by atomic mass is 19.1. The van der Waals surface area contributed by atoms with E-state index in [1.54, 1.807) is 6.92 Å². The molecule has 1 nitrogen and oxygen atoms in total. The minimum Gasteiger partial charge on any atom is -0.317 e. The molecule has 1 aromatic carbocycles. The van der Waals surface area contributed by atoms with Crippen molar-refractivity contribution >= 4 is 0 Å². The van der Waals surface area contributed by atoms with Gasteiger partial charge in [-0.3, -0.25) is 0 Å². The summed E-state index contributed by atoms with van der Waals surface area (Å²) in [7, 11) is 0. The van der Waals surface area contributed by atoms with Crippen molar-refractivity contribution in [2.24, 2.45) is 5.92 Å². The number of halogens is 1. The summed E-state index contributed by atoms with van der Waals surface area (Å²) in [5.41, 5.74) is 0.737. The van der Waals surface area contributed by atoms with Crippen LogP contribution >= 0.6 is 0 Å². The van der Waals surface area contributed by atoms with Gasteiger partial charge in [0.15, 0.2) is 0 Å². The molecule has 16 heavy (non-hydrogen) atoms. The molecular weight excluding hydrogens is 201 g/mol. The number of hydrogen-bond acceptors (Lipinski definition) is 1. The van der Waals surface area contributed by atoms with Crippen molar-refractivity contribution in [1.82, 2.24) is 5.32 Å². The summed E-state index contributed by atoms with van der Waals surface area (Å²) in [5.74, 6) is 0.148. The second kappa shape index (κ2) is 4.54. The van der Waals surface area contributed by atoms with E-state index in [0.717, 1.165) is 37.1 Å². The Hall–Kier alpha value is -0.890. The zero-order valence-electron chi connectivity index (χ0n) is 10.1. The molecule has 0 aromatic heterocycles. The first-order valence-corrected chi connectivity index (χ1v) is 6.08. The van der Waals surface area contributed by atoms with Crippen LogP contribution in [-0.4, -0.2) is 13.1 Å². The van der Waals surface area contributed by atoms with Crippen LogP contribution in [0, 0.1) is 12.8 Å². The highest BCUT2D eigenvalue weighted by molar-refractivity contribution is 5.31. The molecule has 0 radical (unpaired) electrons. The number of hydrogen-bond donors (Lipinski definition) is 1. The van der Waals surface area contributed by atoms with Gasteiger partial charge in [0, 0.05) is 0 Å². The van der Waals surface area contributed by atoms with E-state index in [2.05, 4.69) is 5.32 Å². The smallest absolute Gasteiger partial charge is 0.136 e. The molecule has 2 heteroatoms. The lowest BCUT2D eigenvalue weighted by atomic mass is 9.78. The first-order chi connectivity index (χ1) is 7.62. The van der Waals surface area contributed by atoms with Gasteiger partial charge in [0.1, 0.15) is 5.67 Å². The summed E-state index contributed by atoms with van der Waals surface area (Å²) in [4.78, 5) is 0. The Morgan fingerprint density at radius 3 is 2.50 bits per heavy atom. The van der Waals surface area contributed by atoms with Crippen LogP contribution in [-0.2, 0) is 5.67 Å². The average molecular weight is 221 g/mol. The molecule has 0 saturated carbocycles. The van der Waals surface area contributed by atoms with Crippen molar-refractivity contribution in [3.05, 3.63) is 35.4 Å². The highest BCUT2D eigenvalue weighted by Gasteiger charge is 2.37. The predicted molar refractivity (Wildman–Crippen MR) is 65.2 cm³/mol. The van der Waals surface area contributed by atoms with Crippen LogP contribution in [0.3, 0.4) is 0 Å². The van der Waals surface area contributed by atoms with Gasteiger partial charge in [0.25, 0.3) is 0 Å². The highest BCUT2D eigenvalue weighted by Crippen LogP contribution is 2.39. The standard InChI is InChI=1S/C14H20FN/c1-11-5-3-4-6-13(11)14(2,15)12-7-9-16-10-8-12/h3-6,12,16H,7-10H2,1-2H3. The summed E-state index contributed by atoms with van der Waals surface area (Å²) in [6.45, 7) is 5.62. The molecule has 1 heterocycles. The summed E-state index contributed by atoms with van der Waals surface area (Å²) >= 11 is 0. The van der Waals surface area contributed by atoms with E-state index in [-0.39, 0.29) is 5.92 Å². The van der Waals surface area contributed by atoms with Gasteiger partial charge in [-0.05, 0) is 56.8 Å². The topological polar surface area (TPSA) is 12.0 Å². The molecular formula is C14H20FN. The quantitative estimate of drug-likeness (QED) is 0.808. The fraction of sp³-hybridized carbons (Fsp3) is 0.571. The van der Waals surface area contributed by atoms with Crippen LogP contribution in [0.25, 0.3) is 0 Å². The molecule has 1 atom stereocenters. The van der Waals surface area contributed by atoms with E-state index in [0.29, 0.717) is 0 Å². The monoisotopic (exact) mass is 221 g/mol. The van der Waals surface area contributed by atoms with Crippen LogP contribution in [0.1, 0.15) is 30.9 Å². The molecule has 1 aliphatic rings. The van der Waals surface area contributed by atoms with Gasteiger partial charge in [-0.15, -0.1) is 0 Å². The Morgan fingerprint density at radius 2 is 1.88 bits per heavy atom. The van der Waals surface area contributed by atoms with E-state index in [4.69, 9.17) is 0 Å². The van der Waals surface area contributed by atoms with Gasteiger partial charge >= 0.3 is 0 Å². The molecule has 1 saturated heterocycles. The van der Waals surface area contributed by atoms with Crippen molar-refractivity contribution in [3.8, 4) is 0 Å². The Morgan fingerprint density at radius 1 is 1.25 bits per heavy atom. The van der Waals surface area contributed by atoms with Gasteiger partial charge in [-0.1, -0.05) is 24.3 Å². The van der Waals surface area contributed by atoms with Gasteiger partial charge in [-0.25, -0.2) is 4.39 Å². The molecule has 1 unspecified atom stereocenters. The Kier molecular flexibility index (Phi) is 3.29. The number of nitrogens with one attached hydrogen (secondary N) is 1. The van der Waals surface area contributed by atoms with Gasteiger partial charge in [0.2, 0.25) is 0 Å². The van der Waals surface area contributed by atoms with Crippen LogP contribution in [0.2, 0.25) is 0 Å². The third kappa shape index (κ3) is 2.12. The molecule has 2 rings (SSSR count). The number of benzene rings is 1. The Labute approximate surface area is 97.1 Å². The van der Waals surface area contributed by atoms with Crippen molar-refractivity contribution in [1.29, 1.82) is 0 Å². The zero-order valence-corrected chi connectivity index (χ0v) is 10.1. The van der Waals surface area contributed by atoms with E-state index >= 15 is 0 Å². The fourth-order valence-corrected chi connectivity index (χ4v) is 2.71. The molecule has 1 aliphatic heterocycles. The average Bonchev–Trinajstić information content (AvgIpc) is 2.30. The van der Waals surface area contributed by atoms with Gasteiger partial charge in [0.05, 0.1) is 0 Å². The van der Waals surface area contributed by atoms with Crippen molar-refractivity contribution in [2.45, 2.75) is 32.4 Å². The van der Waals surface area contributed by atoms with E-state index in [1.807, 2.05) is 31.2 Å². The maximum absolute atomic E-state index is 14.9. The van der Waals surface area contributed by atoms with E-state index in [9.17, 15) is 4.39 Å². The van der Waals surface area contributed by atoms with Crippen molar-refractivity contribution in [2.75, 3.05) is 13.1 Å². The lowest BCUT2D eigenvalue weighted by Gasteiger charge is -2.35. The molecule has 0 spiro atoms. The molecule has 0 amide bonds. The zero-order chi connectivity index (χ0) is 11.6. The summed E-state index contributed by atoms with van der Waals surface area (Å²) in [6, 6.07) is 7.82. The number of rotatable bonds is 2. The predicted octanol–water partition coefficient (Wildman–Crippen LogP) is 3.18. The van der Waals surface area contributed by atoms with Crippen LogP contribution in [0.5, 0.6) is 0 Å². The van der Waals surface area contributed by atoms with Gasteiger partial charge in [-0.2, -0.15) is 0 Å². The van der Waals surface area contributed by atoms with E-state index < -0.39 is 5.67 Å². The largest absolute Gasteiger partial charge is 0.317 e. The SMILES string of the molecule is Cc1ccccc1C(C)(F)C1CCNCC1. The lowest BCUT2D eigenvalue weighted by Crippen LogP contribution is -2.37. The Balaban J connectivity index is 2.26. The molecule has 1 fully saturated rings. The fourth-order valence-electron chi connectivity index (χ4n) is 2.71. The summed E-state index contributed by atoms with van der Waals surface area (Å²) in [5, 5.41) is 3.29. The number of alkyl halides is 1. The molecule has 88 valence electrons. The maximum Gasteiger partial charge on any atom is 0.136 e. The first-order valence-electron chi connectivity index (χ1n) is 6.08. The second-order valence-electron chi connectivity index (χ2n) is 4.91. The molecule has 1 N–H and O–H groups in total. The van der Waals surface area contributed by atoms with Crippen molar-refractivity contribution < 1.29 is 4.39 Å². The first kappa shape index (κ1) is 11.6. The van der Waals surface area contributed by atoms with Crippen LogP contribution in [0.4, 0.5) is 4.39 Å². The maximum atomic E-state index is 14.9.